The molecule has 2 fully saturated rings. The van der Waals surface area contributed by atoms with E-state index in [2.05, 4.69) is 20.9 Å². The van der Waals surface area contributed by atoms with E-state index < -0.39 is 0 Å². The highest BCUT2D eigenvalue weighted by molar-refractivity contribution is 8.77. The highest BCUT2D eigenvalue weighted by atomic mass is 33.1. The topological polar surface area (TPSA) is 36.4 Å². The molecule has 3 heterocycles. The molecule has 6 heteroatoms. The molecule has 2 saturated heterocycles. The first-order valence-corrected chi connectivity index (χ1v) is 11.9. The van der Waals surface area contributed by atoms with Crippen molar-refractivity contribution < 1.29 is 4.79 Å². The quantitative estimate of drug-likeness (QED) is 0.510. The molecule has 25 heavy (non-hydrogen) atoms. The highest BCUT2D eigenvalue weighted by Crippen LogP contribution is 2.39. The molecule has 0 aromatic carbocycles. The summed E-state index contributed by atoms with van der Waals surface area (Å²) < 4.78 is 0. The second kappa shape index (κ2) is 10.4. The number of unbranched alkanes of at least 4 members (excludes halogenated alkanes) is 1. The van der Waals surface area contributed by atoms with Crippen molar-refractivity contribution in [1.29, 1.82) is 0 Å². The number of aromatic nitrogens is 1. The minimum atomic E-state index is 0.359. The average Bonchev–Trinajstić information content (AvgIpc) is 3.18. The van der Waals surface area contributed by atoms with Crippen LogP contribution in [0, 0.1) is 0 Å². The average molecular weight is 380 g/mol. The molecule has 0 saturated carbocycles. The molecule has 0 N–H and O–H groups in total. The van der Waals surface area contributed by atoms with Crippen LogP contribution in [0.3, 0.4) is 0 Å². The van der Waals surface area contributed by atoms with Gasteiger partial charge < -0.3 is 4.90 Å². The molecule has 0 bridgehead atoms. The number of nitrogens with zero attached hydrogens (tertiary/aromatic N) is 3. The van der Waals surface area contributed by atoms with Crippen LogP contribution in [0.4, 0.5) is 0 Å². The summed E-state index contributed by atoms with van der Waals surface area (Å²) in [4.78, 5) is 21.3. The minimum Gasteiger partial charge on any atom is -0.340 e. The van der Waals surface area contributed by atoms with Gasteiger partial charge in [0.2, 0.25) is 5.91 Å². The Morgan fingerprint density at radius 2 is 2.08 bits per heavy atom. The molecule has 2 aliphatic rings. The van der Waals surface area contributed by atoms with E-state index in [4.69, 9.17) is 0 Å². The summed E-state index contributed by atoms with van der Waals surface area (Å²) in [5.74, 6) is 1.66. The van der Waals surface area contributed by atoms with Crippen molar-refractivity contribution in [3.8, 4) is 0 Å². The number of amides is 1. The minimum absolute atomic E-state index is 0.359. The Bertz CT molecular complexity index is 515. The fraction of sp³-hybridized carbons (Fsp3) is 0.684. The third-order valence-electron chi connectivity index (χ3n) is 5.03. The summed E-state index contributed by atoms with van der Waals surface area (Å²) in [5.41, 5.74) is 1.15. The summed E-state index contributed by atoms with van der Waals surface area (Å²) in [7, 11) is 4.05. The van der Waals surface area contributed by atoms with Crippen LogP contribution in [0.2, 0.25) is 0 Å². The maximum atomic E-state index is 12.4. The summed E-state index contributed by atoms with van der Waals surface area (Å²) >= 11 is 0. The van der Waals surface area contributed by atoms with E-state index in [1.54, 1.807) is 0 Å². The summed E-state index contributed by atoms with van der Waals surface area (Å²) in [6.07, 6.45) is 8.48. The van der Waals surface area contributed by atoms with Crippen LogP contribution in [0.1, 0.15) is 37.8 Å². The summed E-state index contributed by atoms with van der Waals surface area (Å²) in [6.45, 7) is 4.80. The van der Waals surface area contributed by atoms with Crippen molar-refractivity contribution in [1.82, 2.24) is 14.8 Å². The molecule has 1 amide bonds. The van der Waals surface area contributed by atoms with E-state index in [-0.39, 0.29) is 0 Å². The zero-order chi connectivity index (χ0) is 17.3. The molecule has 0 spiro atoms. The zero-order valence-corrected chi connectivity index (χ0v) is 16.6. The summed E-state index contributed by atoms with van der Waals surface area (Å²) in [6, 6.07) is 6.09. The van der Waals surface area contributed by atoms with Crippen LogP contribution >= 0.6 is 21.6 Å². The molecule has 138 valence electrons. The predicted octanol–water partition coefficient (Wildman–Crippen LogP) is 3.48. The van der Waals surface area contributed by atoms with E-state index >= 15 is 0 Å². The van der Waals surface area contributed by atoms with Gasteiger partial charge in [0.25, 0.3) is 0 Å². The Labute approximate surface area is 159 Å². The van der Waals surface area contributed by atoms with Crippen LogP contribution < -0.4 is 0 Å². The first kappa shape index (κ1) is 19.1. The molecule has 0 radical (unpaired) electrons. The van der Waals surface area contributed by atoms with Gasteiger partial charge in [-0.1, -0.05) is 34.1 Å². The molecule has 4 nitrogen and oxygen atoms in total. The number of rotatable bonds is 8. The normalized spacial score (nSPS) is 21.6. The van der Waals surface area contributed by atoms with Crippen LogP contribution in [0.5, 0.6) is 0 Å². The molecule has 1 atom stereocenters. The number of hydrogen-bond donors (Lipinski definition) is 0. The molecule has 2 aliphatic heterocycles. The largest absolute Gasteiger partial charge is 0.340 e. The lowest BCUT2D eigenvalue weighted by molar-refractivity contribution is -0.133. The second-order valence-corrected chi connectivity index (χ2v) is 9.66. The monoisotopic (exact) mass is 379 g/mol. The van der Waals surface area contributed by atoms with E-state index in [1.165, 1.54) is 25.0 Å². The van der Waals surface area contributed by atoms with Crippen molar-refractivity contribution in [2.24, 2.45) is 0 Å². The first-order chi connectivity index (χ1) is 12.3. The smallest absolute Gasteiger partial charge is 0.222 e. The van der Waals surface area contributed by atoms with Gasteiger partial charge in [0, 0.05) is 68.5 Å². The lowest BCUT2D eigenvalue weighted by Crippen LogP contribution is -2.49. The molecular formula is C19H29N3OS2. The number of pyridine rings is 1. The van der Waals surface area contributed by atoms with Crippen LogP contribution in [-0.2, 0) is 11.2 Å². The Kier molecular flexibility index (Phi) is 7.95. The standard InChI is InChI=1S/C19H29N3OS2/c23-19(7-2-1-6-18-9-16-24-25-18)22-14-12-21(13-15-22)11-8-17-5-3-4-10-20-17/h3-5,10,18H,1-2,6-9,11-16H2/t18-/m0/s1. The van der Waals surface area contributed by atoms with Gasteiger partial charge in [0.05, 0.1) is 0 Å². The van der Waals surface area contributed by atoms with Gasteiger partial charge in [-0.2, -0.15) is 0 Å². The lowest BCUT2D eigenvalue weighted by Gasteiger charge is -2.34. The van der Waals surface area contributed by atoms with Crippen molar-refractivity contribution in [3.63, 3.8) is 0 Å². The van der Waals surface area contributed by atoms with Gasteiger partial charge in [-0.25, -0.2) is 0 Å². The van der Waals surface area contributed by atoms with Gasteiger partial charge in [-0.05, 0) is 31.4 Å². The van der Waals surface area contributed by atoms with E-state index in [1.807, 2.05) is 39.9 Å². The Hall–Kier alpha value is -0.720. The number of carbonyl (C=O) groups excluding carboxylic acids is 1. The van der Waals surface area contributed by atoms with Crippen molar-refractivity contribution >= 4 is 27.5 Å². The Balaban J connectivity index is 1.27. The summed E-state index contributed by atoms with van der Waals surface area (Å²) in [5, 5.41) is 0.836. The maximum Gasteiger partial charge on any atom is 0.222 e. The fourth-order valence-electron chi connectivity index (χ4n) is 3.41. The molecular weight excluding hydrogens is 350 g/mol. The molecule has 1 aromatic rings. The van der Waals surface area contributed by atoms with Crippen molar-refractivity contribution in [3.05, 3.63) is 30.1 Å². The van der Waals surface area contributed by atoms with E-state index in [0.29, 0.717) is 5.91 Å². The molecule has 3 rings (SSSR count). The number of piperazine rings is 1. The Morgan fingerprint density at radius 3 is 2.80 bits per heavy atom. The first-order valence-electron chi connectivity index (χ1n) is 9.49. The van der Waals surface area contributed by atoms with Crippen LogP contribution in [0.25, 0.3) is 0 Å². The van der Waals surface area contributed by atoms with Crippen LogP contribution in [0.15, 0.2) is 24.4 Å². The van der Waals surface area contributed by atoms with Crippen molar-refractivity contribution in [2.75, 3.05) is 38.5 Å². The number of carbonyl (C=O) groups is 1. The second-order valence-electron chi connectivity index (χ2n) is 6.87. The van der Waals surface area contributed by atoms with Gasteiger partial charge >= 0.3 is 0 Å². The third kappa shape index (κ3) is 6.50. The molecule has 0 unspecified atom stereocenters. The van der Waals surface area contributed by atoms with Gasteiger partial charge in [-0.3, -0.25) is 14.7 Å². The van der Waals surface area contributed by atoms with E-state index in [9.17, 15) is 4.79 Å². The van der Waals surface area contributed by atoms with Crippen molar-refractivity contribution in [2.45, 2.75) is 43.8 Å². The Morgan fingerprint density at radius 1 is 1.20 bits per heavy atom. The highest BCUT2D eigenvalue weighted by Gasteiger charge is 2.21. The lowest BCUT2D eigenvalue weighted by atomic mass is 10.1. The van der Waals surface area contributed by atoms with Gasteiger partial charge in [0.15, 0.2) is 0 Å². The van der Waals surface area contributed by atoms with Crippen LogP contribution in [-0.4, -0.2) is 64.4 Å². The SMILES string of the molecule is O=C(CCCC[C@H]1CCSS1)N1CCN(CCc2ccccn2)CC1. The van der Waals surface area contributed by atoms with Gasteiger partial charge in [-0.15, -0.1) is 0 Å². The zero-order valence-electron chi connectivity index (χ0n) is 14.9. The van der Waals surface area contributed by atoms with Gasteiger partial charge in [0.1, 0.15) is 0 Å². The maximum absolute atomic E-state index is 12.4. The number of hydrogen-bond acceptors (Lipinski definition) is 5. The third-order valence-corrected chi connectivity index (χ3v) is 8.04. The van der Waals surface area contributed by atoms with E-state index in [0.717, 1.165) is 62.9 Å². The molecule has 0 aliphatic carbocycles. The predicted molar refractivity (Wildman–Crippen MR) is 108 cm³/mol. The molecule has 1 aromatic heterocycles. The fourth-order valence-corrected chi connectivity index (χ4v) is 6.44.